The molecule has 0 bridgehead atoms. The predicted octanol–water partition coefficient (Wildman–Crippen LogP) is 15.3. The van der Waals surface area contributed by atoms with E-state index in [9.17, 15) is 19.8 Å². The summed E-state index contributed by atoms with van der Waals surface area (Å²) >= 11 is 0. The summed E-state index contributed by atoms with van der Waals surface area (Å²) in [4.78, 5) is 36.3. The lowest BCUT2D eigenvalue weighted by Gasteiger charge is -2.59. The van der Waals surface area contributed by atoms with Crippen molar-refractivity contribution in [3.63, 3.8) is 0 Å². The average Bonchev–Trinajstić information content (AvgIpc) is 3.42. The van der Waals surface area contributed by atoms with Gasteiger partial charge in [-0.05, 0) is 86.1 Å². The van der Waals surface area contributed by atoms with Gasteiger partial charge in [0.15, 0.2) is 0 Å². The summed E-state index contributed by atoms with van der Waals surface area (Å²) in [5.41, 5.74) is 3.54. The fraction of sp³-hybridized carbons (Fsp3) is 0.698. The first-order valence-corrected chi connectivity index (χ1v) is 30.0. The smallest absolute Gasteiger partial charge is 0.412 e. The lowest BCUT2D eigenvalue weighted by molar-refractivity contribution is -0.255. The van der Waals surface area contributed by atoms with Crippen LogP contribution in [-0.4, -0.2) is 84.4 Å². The molecule has 5 rings (SSSR count). The van der Waals surface area contributed by atoms with E-state index in [0.717, 1.165) is 86.6 Å². The highest BCUT2D eigenvalue weighted by molar-refractivity contribution is 6.03. The lowest BCUT2D eigenvalue weighted by atomic mass is 9.55. The molecular weight excluding hydrogens is 943 g/mol. The van der Waals surface area contributed by atoms with Crippen molar-refractivity contribution in [1.82, 2.24) is 10.2 Å². The summed E-state index contributed by atoms with van der Waals surface area (Å²) in [6.07, 6.45) is 32.7. The molecule has 1 saturated carbocycles. The fourth-order valence-electron chi connectivity index (χ4n) is 11.9. The van der Waals surface area contributed by atoms with Gasteiger partial charge in [-0.15, -0.1) is 6.58 Å². The Balaban J connectivity index is 1.49. The molecule has 0 saturated heterocycles. The maximum Gasteiger partial charge on any atom is 0.412 e. The number of fused-ring (bicyclic) bond motifs is 2. The standard InChI is InChI=1S/C63H99N3O9/c1-5-9-11-13-15-17-19-21-23-30-40-64-61(69)74-52-38-39-57-55(47-52)59-53(37-29-32-43-68)51(36-28-31-42-67)46-54-56(65-73-49-50-34-26-25-27-35-50)48-58(63(75-57,60(54)59)72-44-8-4)66(41-7-3)62(70)71-45-33-24-22-20-18-16-14-12-10-6-2/h8,25-27,34-35,38-39,46-47,51,53,58-60,67-68H,4-7,9-24,28-33,36-37,40-45,48-49H2,1-3H3,(H,64,69). The van der Waals surface area contributed by atoms with Crippen molar-refractivity contribution in [1.29, 1.82) is 0 Å². The molecule has 6 atom stereocenters. The number of amides is 2. The summed E-state index contributed by atoms with van der Waals surface area (Å²) < 4.78 is 26.8. The summed E-state index contributed by atoms with van der Waals surface area (Å²) in [5.74, 6) is -1.09. The number of nitrogens with zero attached hydrogens (tertiary/aromatic N) is 2. The number of aliphatic hydroxyl groups is 2. The quantitative estimate of drug-likeness (QED) is 0.0337. The van der Waals surface area contributed by atoms with Crippen molar-refractivity contribution in [2.24, 2.45) is 22.9 Å². The SMILES string of the molecule is C=CCOC12Oc3ccc(OC(=O)NCCCCCCCCCCCC)cc3C3C(CCCCO)C(CCCCO)C=C(C(=NOCc4ccccc4)CC1N(CCC)C(=O)OCCCCCCCCCCCC)C32. The first-order valence-electron chi connectivity index (χ1n) is 30.0. The Morgan fingerprint density at radius 2 is 1.40 bits per heavy atom. The van der Waals surface area contributed by atoms with Crippen LogP contribution in [0.2, 0.25) is 0 Å². The van der Waals surface area contributed by atoms with Gasteiger partial charge in [0.25, 0.3) is 0 Å². The van der Waals surface area contributed by atoms with Crippen LogP contribution in [-0.2, 0) is 20.9 Å². The van der Waals surface area contributed by atoms with E-state index < -0.39 is 29.9 Å². The summed E-state index contributed by atoms with van der Waals surface area (Å²) in [6, 6.07) is 14.9. The number of rotatable bonds is 40. The van der Waals surface area contributed by atoms with Gasteiger partial charge in [-0.3, -0.25) is 4.90 Å². The van der Waals surface area contributed by atoms with Gasteiger partial charge >= 0.3 is 12.2 Å². The topological polar surface area (TPSA) is 148 Å². The maximum absolute atomic E-state index is 14.7. The van der Waals surface area contributed by atoms with Crippen LogP contribution in [0.4, 0.5) is 9.59 Å². The number of hydrogen-bond acceptors (Lipinski definition) is 10. The molecule has 2 aromatic rings. The third-order valence-electron chi connectivity index (χ3n) is 15.7. The largest absolute Gasteiger partial charge is 0.459 e. The molecule has 3 N–H and O–H groups in total. The Morgan fingerprint density at radius 1 is 0.773 bits per heavy atom. The molecule has 6 unspecified atom stereocenters. The van der Waals surface area contributed by atoms with Crippen molar-refractivity contribution in [3.8, 4) is 11.5 Å². The van der Waals surface area contributed by atoms with Crippen LogP contribution < -0.4 is 14.8 Å². The predicted molar refractivity (Wildman–Crippen MR) is 302 cm³/mol. The number of aliphatic hydroxyl groups excluding tert-OH is 2. The molecule has 2 amide bonds. The highest BCUT2D eigenvalue weighted by Crippen LogP contribution is 2.62. The number of nitrogens with one attached hydrogen (secondary N) is 1. The zero-order chi connectivity index (χ0) is 53.4. The first-order chi connectivity index (χ1) is 36.8. The van der Waals surface area contributed by atoms with Crippen LogP contribution in [0.1, 0.15) is 218 Å². The zero-order valence-corrected chi connectivity index (χ0v) is 46.8. The molecule has 0 radical (unpaired) electrons. The average molecular weight is 1040 g/mol. The minimum absolute atomic E-state index is 0.0203. The van der Waals surface area contributed by atoms with E-state index in [1.165, 1.54) is 89.9 Å². The molecule has 0 spiro atoms. The van der Waals surface area contributed by atoms with E-state index in [0.29, 0.717) is 50.5 Å². The van der Waals surface area contributed by atoms with E-state index >= 15 is 0 Å². The van der Waals surface area contributed by atoms with Gasteiger partial charge in [-0.2, -0.15) is 0 Å². The first kappa shape index (κ1) is 61.5. The van der Waals surface area contributed by atoms with Crippen LogP contribution in [0, 0.1) is 17.8 Å². The van der Waals surface area contributed by atoms with Gasteiger partial charge in [0.05, 0.1) is 24.8 Å². The van der Waals surface area contributed by atoms with Gasteiger partial charge in [0, 0.05) is 44.2 Å². The summed E-state index contributed by atoms with van der Waals surface area (Å²) in [7, 11) is 0. The van der Waals surface area contributed by atoms with Crippen LogP contribution in [0.3, 0.4) is 0 Å². The van der Waals surface area contributed by atoms with Crippen LogP contribution in [0.15, 0.2) is 78.0 Å². The number of benzene rings is 2. The molecule has 1 heterocycles. The molecule has 0 aromatic heterocycles. The Labute approximate surface area is 452 Å². The minimum atomic E-state index is -1.42. The Hall–Kier alpha value is -4.39. The second-order valence-electron chi connectivity index (χ2n) is 21.5. The molecule has 75 heavy (non-hydrogen) atoms. The van der Waals surface area contributed by atoms with E-state index in [1.807, 2.05) is 47.4 Å². The minimum Gasteiger partial charge on any atom is -0.459 e. The molecule has 12 nitrogen and oxygen atoms in total. The van der Waals surface area contributed by atoms with Crippen molar-refractivity contribution in [2.75, 3.05) is 39.5 Å². The van der Waals surface area contributed by atoms with E-state index in [-0.39, 0.29) is 50.6 Å². The van der Waals surface area contributed by atoms with Crippen molar-refractivity contribution in [3.05, 3.63) is 84.0 Å². The second-order valence-corrected chi connectivity index (χ2v) is 21.5. The molecule has 2 aromatic carbocycles. The third-order valence-corrected chi connectivity index (χ3v) is 15.7. The lowest BCUT2D eigenvalue weighted by Crippen LogP contribution is -2.70. The van der Waals surface area contributed by atoms with Gasteiger partial charge in [0.2, 0.25) is 5.79 Å². The number of oxime groups is 1. The molecule has 12 heteroatoms. The third kappa shape index (κ3) is 19.5. The monoisotopic (exact) mass is 1040 g/mol. The maximum atomic E-state index is 14.7. The highest BCUT2D eigenvalue weighted by atomic mass is 16.7. The normalized spacial score (nSPS) is 21.1. The number of carbonyl (C=O) groups excluding carboxylic acids is 2. The second kappa shape index (κ2) is 35.8. The molecule has 1 aliphatic heterocycles. The number of hydrogen-bond donors (Lipinski definition) is 3. The molecule has 420 valence electrons. The Bertz CT molecular complexity index is 1980. The van der Waals surface area contributed by atoms with Crippen LogP contribution >= 0.6 is 0 Å². The van der Waals surface area contributed by atoms with Crippen LogP contribution in [0.5, 0.6) is 11.5 Å². The van der Waals surface area contributed by atoms with E-state index in [2.05, 4.69) is 38.7 Å². The van der Waals surface area contributed by atoms with Crippen molar-refractivity contribution >= 4 is 17.9 Å². The summed E-state index contributed by atoms with van der Waals surface area (Å²) in [6.45, 7) is 12.5. The molecule has 2 aliphatic carbocycles. The highest BCUT2D eigenvalue weighted by Gasteiger charge is 2.65. The van der Waals surface area contributed by atoms with Gasteiger partial charge in [-0.25, -0.2) is 9.59 Å². The van der Waals surface area contributed by atoms with Crippen molar-refractivity contribution < 1.29 is 43.6 Å². The van der Waals surface area contributed by atoms with Crippen LogP contribution in [0.25, 0.3) is 0 Å². The number of allylic oxidation sites excluding steroid dienone is 1. The molecule has 3 aliphatic rings. The van der Waals surface area contributed by atoms with E-state index in [1.54, 1.807) is 12.1 Å². The van der Waals surface area contributed by atoms with Gasteiger partial charge < -0.3 is 39.3 Å². The molecular formula is C63H99N3O9. The van der Waals surface area contributed by atoms with Gasteiger partial charge in [0.1, 0.15) is 24.1 Å². The van der Waals surface area contributed by atoms with E-state index in [4.69, 9.17) is 28.9 Å². The van der Waals surface area contributed by atoms with Gasteiger partial charge in [-0.1, -0.05) is 197 Å². The fourth-order valence-corrected chi connectivity index (χ4v) is 11.9. The number of ether oxygens (including phenoxy) is 4. The number of carbonyl (C=O) groups is 2. The Kier molecular flexibility index (Phi) is 29.4. The molecule has 1 fully saturated rings. The van der Waals surface area contributed by atoms with Crippen molar-refractivity contribution in [2.45, 2.75) is 225 Å². The number of unbranched alkanes of at least 4 members (excludes halogenated alkanes) is 20. The Morgan fingerprint density at radius 3 is 2.03 bits per heavy atom. The summed E-state index contributed by atoms with van der Waals surface area (Å²) in [5, 5.41) is 28.1. The zero-order valence-electron chi connectivity index (χ0n) is 46.8.